The van der Waals surface area contributed by atoms with Gasteiger partial charge in [0.1, 0.15) is 10.6 Å². The molecule has 1 aromatic heterocycles. The molecule has 2 fully saturated rings. The van der Waals surface area contributed by atoms with Crippen molar-refractivity contribution in [2.24, 2.45) is 5.92 Å². The topological polar surface area (TPSA) is 71.2 Å². The summed E-state index contributed by atoms with van der Waals surface area (Å²) >= 11 is 1.38. The van der Waals surface area contributed by atoms with Gasteiger partial charge in [0.2, 0.25) is 0 Å². The fraction of sp³-hybridized carbons (Fsp3) is 0.733. The third-order valence-electron chi connectivity index (χ3n) is 4.60. The van der Waals surface area contributed by atoms with Crippen molar-refractivity contribution < 1.29 is 4.79 Å². The van der Waals surface area contributed by atoms with Crippen LogP contribution < -0.4 is 16.0 Å². The van der Waals surface area contributed by atoms with Crippen molar-refractivity contribution in [1.82, 2.24) is 9.69 Å². The number of piperidine rings is 1. The number of anilines is 2. The highest BCUT2D eigenvalue weighted by atomic mass is 32.1. The number of nitrogens with two attached hydrogens (primary N) is 1. The van der Waals surface area contributed by atoms with Gasteiger partial charge < -0.3 is 16.0 Å². The number of hydrogen-bond acceptors (Lipinski definition) is 5. The van der Waals surface area contributed by atoms with E-state index in [9.17, 15) is 4.79 Å². The van der Waals surface area contributed by atoms with Crippen LogP contribution in [0, 0.1) is 5.92 Å². The van der Waals surface area contributed by atoms with E-state index in [1.54, 1.807) is 0 Å². The lowest BCUT2D eigenvalue weighted by Gasteiger charge is -2.38. The van der Waals surface area contributed by atoms with Crippen LogP contribution in [0.3, 0.4) is 0 Å². The molecular formula is C15H24N4OS. The third-order valence-corrected chi connectivity index (χ3v) is 5.50. The molecule has 1 amide bonds. The van der Waals surface area contributed by atoms with Crippen molar-refractivity contribution in [3.63, 3.8) is 0 Å². The molecule has 5 nitrogen and oxygen atoms in total. The average Bonchev–Trinajstić information content (AvgIpc) is 3.03. The Morgan fingerprint density at radius 1 is 1.38 bits per heavy atom. The first-order chi connectivity index (χ1) is 10.1. The molecule has 1 saturated heterocycles. The first-order valence-electron chi connectivity index (χ1n) is 7.90. The minimum absolute atomic E-state index is 0.0913. The minimum Gasteiger partial charge on any atom is -0.382 e. The van der Waals surface area contributed by atoms with Crippen LogP contribution in [0.5, 0.6) is 0 Å². The van der Waals surface area contributed by atoms with Gasteiger partial charge in [-0.1, -0.05) is 6.42 Å². The molecule has 1 aliphatic heterocycles. The normalized spacial score (nSPS) is 25.2. The van der Waals surface area contributed by atoms with Crippen LogP contribution in [-0.2, 0) is 0 Å². The van der Waals surface area contributed by atoms with Crippen LogP contribution in [0.4, 0.5) is 10.8 Å². The van der Waals surface area contributed by atoms with Crippen molar-refractivity contribution in [3.05, 3.63) is 5.56 Å². The lowest BCUT2D eigenvalue weighted by Crippen LogP contribution is -2.43. The van der Waals surface area contributed by atoms with Gasteiger partial charge in [0, 0.05) is 18.6 Å². The number of nitrogen functional groups attached to an aromatic ring is 1. The molecule has 2 heterocycles. The Morgan fingerprint density at radius 3 is 2.90 bits per heavy atom. The van der Waals surface area contributed by atoms with Gasteiger partial charge in [-0.15, -0.1) is 0 Å². The number of aromatic nitrogens is 1. The lowest BCUT2D eigenvalue weighted by molar-refractivity contribution is 0.0944. The Bertz CT molecular complexity index is 528. The van der Waals surface area contributed by atoms with Crippen LogP contribution >= 0.6 is 11.5 Å². The van der Waals surface area contributed by atoms with Crippen molar-refractivity contribution >= 4 is 28.3 Å². The van der Waals surface area contributed by atoms with E-state index < -0.39 is 0 Å². The summed E-state index contributed by atoms with van der Waals surface area (Å²) in [5.74, 6) is 1.06. The van der Waals surface area contributed by atoms with Gasteiger partial charge in [-0.3, -0.25) is 4.79 Å². The standard InChI is InChI=1S/C15H24N4OS/c1-9(2)17-14(20)12-13(16)18-21-15(12)19-8-4-6-10-5-3-7-11(10)19/h9-11H,3-8H2,1-2H3,(H2,16,18)(H,17,20). The molecule has 116 valence electrons. The largest absolute Gasteiger partial charge is 0.382 e. The molecule has 6 heteroatoms. The molecule has 3 N–H and O–H groups in total. The monoisotopic (exact) mass is 308 g/mol. The summed E-state index contributed by atoms with van der Waals surface area (Å²) < 4.78 is 4.25. The number of nitrogens with one attached hydrogen (secondary N) is 1. The van der Waals surface area contributed by atoms with Crippen LogP contribution in [0.1, 0.15) is 56.3 Å². The SMILES string of the molecule is CC(C)NC(=O)c1c(N)nsc1N1CCCC2CCCC21. The zero-order valence-corrected chi connectivity index (χ0v) is 13.6. The summed E-state index contributed by atoms with van der Waals surface area (Å²) in [4.78, 5) is 14.8. The average molecular weight is 308 g/mol. The summed E-state index contributed by atoms with van der Waals surface area (Å²) in [6.07, 6.45) is 6.37. The fourth-order valence-electron chi connectivity index (χ4n) is 3.74. The Hall–Kier alpha value is -1.30. The highest BCUT2D eigenvalue weighted by Crippen LogP contribution is 2.42. The van der Waals surface area contributed by atoms with Crippen molar-refractivity contribution in [1.29, 1.82) is 0 Å². The van der Waals surface area contributed by atoms with Gasteiger partial charge in [-0.05, 0) is 57.0 Å². The molecule has 3 rings (SSSR count). The molecule has 1 aliphatic carbocycles. The van der Waals surface area contributed by atoms with Gasteiger partial charge in [-0.2, -0.15) is 4.37 Å². The fourth-order valence-corrected chi connectivity index (χ4v) is 4.64. The molecule has 1 saturated carbocycles. The highest BCUT2D eigenvalue weighted by Gasteiger charge is 2.37. The van der Waals surface area contributed by atoms with E-state index in [0.717, 1.165) is 17.5 Å². The van der Waals surface area contributed by atoms with Gasteiger partial charge in [0.15, 0.2) is 5.82 Å². The molecule has 0 spiro atoms. The third kappa shape index (κ3) is 2.73. The van der Waals surface area contributed by atoms with Gasteiger partial charge in [0.25, 0.3) is 5.91 Å². The zero-order valence-electron chi connectivity index (χ0n) is 12.8. The molecule has 0 bridgehead atoms. The quantitative estimate of drug-likeness (QED) is 0.900. The molecule has 2 aliphatic rings. The number of rotatable bonds is 3. The molecule has 1 aromatic rings. The van der Waals surface area contributed by atoms with E-state index in [0.29, 0.717) is 17.4 Å². The van der Waals surface area contributed by atoms with Crippen LogP contribution in [0.25, 0.3) is 0 Å². The predicted molar refractivity (Wildman–Crippen MR) is 86.8 cm³/mol. The second-order valence-corrected chi connectivity index (χ2v) is 7.22. The number of hydrogen-bond donors (Lipinski definition) is 2. The maximum Gasteiger partial charge on any atom is 0.258 e. The maximum absolute atomic E-state index is 12.4. The summed E-state index contributed by atoms with van der Waals surface area (Å²) in [6.45, 7) is 4.94. The first kappa shape index (κ1) is 14.6. The van der Waals surface area contributed by atoms with Gasteiger partial charge >= 0.3 is 0 Å². The van der Waals surface area contributed by atoms with E-state index in [2.05, 4.69) is 14.6 Å². The van der Waals surface area contributed by atoms with Crippen molar-refractivity contribution in [3.8, 4) is 0 Å². The van der Waals surface area contributed by atoms with E-state index in [1.165, 1.54) is 43.6 Å². The van der Waals surface area contributed by atoms with Crippen molar-refractivity contribution in [2.45, 2.75) is 58.0 Å². The summed E-state index contributed by atoms with van der Waals surface area (Å²) in [7, 11) is 0. The van der Waals surface area contributed by atoms with E-state index in [4.69, 9.17) is 5.73 Å². The predicted octanol–water partition coefficient (Wildman–Crippen LogP) is 2.63. The molecule has 0 radical (unpaired) electrons. The van der Waals surface area contributed by atoms with Crippen LogP contribution in [0.15, 0.2) is 0 Å². The second kappa shape index (κ2) is 5.83. The zero-order chi connectivity index (χ0) is 15.0. The Morgan fingerprint density at radius 2 is 2.14 bits per heavy atom. The Kier molecular flexibility index (Phi) is 4.06. The Labute approximate surface area is 130 Å². The number of amides is 1. The minimum atomic E-state index is -0.0913. The van der Waals surface area contributed by atoms with Gasteiger partial charge in [-0.25, -0.2) is 0 Å². The molecule has 2 atom stereocenters. The molecular weight excluding hydrogens is 284 g/mol. The second-order valence-electron chi connectivity index (χ2n) is 6.47. The molecule has 0 aromatic carbocycles. The highest BCUT2D eigenvalue weighted by molar-refractivity contribution is 7.11. The van der Waals surface area contributed by atoms with E-state index in [1.807, 2.05) is 13.8 Å². The molecule has 2 unspecified atom stereocenters. The smallest absolute Gasteiger partial charge is 0.258 e. The summed E-state index contributed by atoms with van der Waals surface area (Å²) in [5.41, 5.74) is 6.56. The maximum atomic E-state index is 12.4. The first-order valence-corrected chi connectivity index (χ1v) is 8.68. The Balaban J connectivity index is 1.90. The van der Waals surface area contributed by atoms with Crippen LogP contribution in [-0.4, -0.2) is 28.9 Å². The lowest BCUT2D eigenvalue weighted by atomic mass is 9.92. The number of carbonyl (C=O) groups is 1. The van der Waals surface area contributed by atoms with Gasteiger partial charge in [0.05, 0.1) is 0 Å². The number of nitrogens with zero attached hydrogens (tertiary/aromatic N) is 2. The number of carbonyl (C=O) groups excluding carboxylic acids is 1. The summed E-state index contributed by atoms with van der Waals surface area (Å²) in [5, 5.41) is 3.92. The van der Waals surface area contributed by atoms with Crippen LogP contribution in [0.2, 0.25) is 0 Å². The molecule has 21 heavy (non-hydrogen) atoms. The summed E-state index contributed by atoms with van der Waals surface area (Å²) in [6, 6.07) is 0.675. The van der Waals surface area contributed by atoms with Crippen molar-refractivity contribution in [2.75, 3.05) is 17.2 Å². The van der Waals surface area contributed by atoms with E-state index in [-0.39, 0.29) is 11.9 Å². The van der Waals surface area contributed by atoms with E-state index >= 15 is 0 Å². The number of fused-ring (bicyclic) bond motifs is 1.